The van der Waals surface area contributed by atoms with Crippen LogP contribution in [0.5, 0.6) is 5.75 Å². The molecule has 2 aromatic rings. The summed E-state index contributed by atoms with van der Waals surface area (Å²) >= 11 is 5.53. The fraction of sp³-hybridized carbons (Fsp3) is 0. The molecule has 4 nitrogen and oxygen atoms in total. The minimum atomic E-state index is -4.14. The zero-order chi connectivity index (χ0) is 14.8. The quantitative estimate of drug-likeness (QED) is 0.817. The van der Waals surface area contributed by atoms with Crippen molar-refractivity contribution in [1.82, 2.24) is 0 Å². The van der Waals surface area contributed by atoms with Crippen LogP contribution in [0, 0.1) is 17.1 Å². The Labute approximate surface area is 120 Å². The minimum absolute atomic E-state index is 0.00972. The van der Waals surface area contributed by atoms with Gasteiger partial charge in [0.2, 0.25) is 0 Å². The lowest BCUT2D eigenvalue weighted by atomic mass is 10.2. The number of nitrogens with zero attached hydrogens (tertiary/aromatic N) is 1. The highest BCUT2D eigenvalue weighted by atomic mass is 35.5. The molecule has 2 aromatic carbocycles. The molecule has 20 heavy (non-hydrogen) atoms. The van der Waals surface area contributed by atoms with E-state index in [1.54, 1.807) is 0 Å². The standard InChI is InChI=1S/C13H7ClFNO3S/c14-12-7-11(4-5-13(12)15)20(17,18)19-10-3-1-2-9(6-10)8-16/h1-7H. The molecule has 7 heteroatoms. The van der Waals surface area contributed by atoms with Crippen LogP contribution >= 0.6 is 11.6 Å². The van der Waals surface area contributed by atoms with Gasteiger partial charge in [0.05, 0.1) is 16.7 Å². The van der Waals surface area contributed by atoms with Crippen molar-refractivity contribution in [3.05, 3.63) is 58.9 Å². The molecular weight excluding hydrogens is 305 g/mol. The Kier molecular flexibility index (Phi) is 3.93. The third-order valence-electron chi connectivity index (χ3n) is 2.35. The van der Waals surface area contributed by atoms with E-state index in [0.717, 1.165) is 18.2 Å². The molecular formula is C13H7ClFNO3S. The van der Waals surface area contributed by atoms with Crippen molar-refractivity contribution < 1.29 is 17.0 Å². The van der Waals surface area contributed by atoms with Crippen LogP contribution in [-0.2, 0) is 10.1 Å². The SMILES string of the molecule is N#Cc1cccc(OS(=O)(=O)c2ccc(F)c(Cl)c2)c1. The summed E-state index contributed by atoms with van der Waals surface area (Å²) in [5.41, 5.74) is 0.259. The van der Waals surface area contributed by atoms with Crippen LogP contribution in [0.3, 0.4) is 0 Å². The second-order valence-electron chi connectivity index (χ2n) is 3.75. The summed E-state index contributed by atoms with van der Waals surface area (Å²) in [5, 5.41) is 8.41. The Morgan fingerprint density at radius 2 is 1.95 bits per heavy atom. The molecule has 0 spiro atoms. The van der Waals surface area contributed by atoms with E-state index in [0.29, 0.717) is 0 Å². The molecule has 0 aliphatic heterocycles. The van der Waals surface area contributed by atoms with Crippen LogP contribution in [0.2, 0.25) is 5.02 Å². The highest BCUT2D eigenvalue weighted by Gasteiger charge is 2.18. The molecule has 0 saturated carbocycles. The fourth-order valence-corrected chi connectivity index (χ4v) is 2.62. The Hall–Kier alpha value is -2.10. The van der Waals surface area contributed by atoms with Gasteiger partial charge >= 0.3 is 10.1 Å². The number of hydrogen-bond acceptors (Lipinski definition) is 4. The van der Waals surface area contributed by atoms with E-state index in [9.17, 15) is 12.8 Å². The van der Waals surface area contributed by atoms with E-state index >= 15 is 0 Å². The van der Waals surface area contributed by atoms with Gasteiger partial charge in [-0.2, -0.15) is 13.7 Å². The average Bonchev–Trinajstić information content (AvgIpc) is 2.41. The van der Waals surface area contributed by atoms with Crippen molar-refractivity contribution in [2.75, 3.05) is 0 Å². The summed E-state index contributed by atoms with van der Waals surface area (Å²) in [6.07, 6.45) is 0. The molecule has 0 bridgehead atoms. The predicted molar refractivity (Wildman–Crippen MR) is 70.4 cm³/mol. The molecule has 0 heterocycles. The Bertz CT molecular complexity index is 800. The van der Waals surface area contributed by atoms with Crippen LogP contribution in [0.1, 0.15) is 5.56 Å². The van der Waals surface area contributed by atoms with Gasteiger partial charge in [-0.25, -0.2) is 4.39 Å². The number of halogens is 2. The van der Waals surface area contributed by atoms with Crippen molar-refractivity contribution in [3.63, 3.8) is 0 Å². The van der Waals surface area contributed by atoms with Crippen LogP contribution in [0.25, 0.3) is 0 Å². The third kappa shape index (κ3) is 3.07. The molecule has 102 valence electrons. The van der Waals surface area contributed by atoms with Gasteiger partial charge in [0.1, 0.15) is 16.5 Å². The molecule has 0 aliphatic carbocycles. The van der Waals surface area contributed by atoms with Gasteiger partial charge in [0, 0.05) is 0 Å². The van der Waals surface area contributed by atoms with Crippen LogP contribution in [-0.4, -0.2) is 8.42 Å². The van der Waals surface area contributed by atoms with Gasteiger partial charge in [-0.05, 0) is 36.4 Å². The van der Waals surface area contributed by atoms with E-state index in [2.05, 4.69) is 0 Å². The molecule has 0 fully saturated rings. The second-order valence-corrected chi connectivity index (χ2v) is 5.71. The zero-order valence-corrected chi connectivity index (χ0v) is 11.5. The fourth-order valence-electron chi connectivity index (χ4n) is 1.42. The molecule has 0 N–H and O–H groups in total. The molecule has 2 rings (SSSR count). The Morgan fingerprint density at radius 1 is 1.20 bits per heavy atom. The first-order valence-electron chi connectivity index (χ1n) is 5.32. The molecule has 0 unspecified atom stereocenters. The van der Waals surface area contributed by atoms with Crippen LogP contribution in [0.4, 0.5) is 4.39 Å². The summed E-state index contributed by atoms with van der Waals surface area (Å²) in [7, 11) is -4.14. The monoisotopic (exact) mass is 311 g/mol. The normalized spacial score (nSPS) is 10.8. The van der Waals surface area contributed by atoms with Gasteiger partial charge in [-0.3, -0.25) is 0 Å². The lowest BCUT2D eigenvalue weighted by Gasteiger charge is -2.07. The van der Waals surface area contributed by atoms with E-state index in [1.165, 1.54) is 24.3 Å². The van der Waals surface area contributed by atoms with Crippen molar-refractivity contribution in [1.29, 1.82) is 5.26 Å². The Balaban J connectivity index is 2.35. The third-order valence-corrected chi connectivity index (χ3v) is 3.88. The van der Waals surface area contributed by atoms with Gasteiger partial charge in [0.15, 0.2) is 0 Å². The van der Waals surface area contributed by atoms with E-state index in [1.807, 2.05) is 6.07 Å². The maximum Gasteiger partial charge on any atom is 0.339 e. The minimum Gasteiger partial charge on any atom is -0.379 e. The number of hydrogen-bond donors (Lipinski definition) is 0. The van der Waals surface area contributed by atoms with Crippen molar-refractivity contribution in [2.24, 2.45) is 0 Å². The first-order chi connectivity index (χ1) is 9.42. The van der Waals surface area contributed by atoms with Crippen molar-refractivity contribution in [3.8, 4) is 11.8 Å². The predicted octanol–water partition coefficient (Wildman–Crippen LogP) is 3.12. The molecule has 0 atom stereocenters. The lowest BCUT2D eigenvalue weighted by Crippen LogP contribution is -2.10. The van der Waals surface area contributed by atoms with Gasteiger partial charge in [-0.1, -0.05) is 17.7 Å². The maximum atomic E-state index is 13.0. The molecule has 0 aliphatic rings. The van der Waals surface area contributed by atoms with Gasteiger partial charge in [0.25, 0.3) is 0 Å². The van der Waals surface area contributed by atoms with E-state index in [-0.39, 0.29) is 21.2 Å². The topological polar surface area (TPSA) is 67.2 Å². The summed E-state index contributed by atoms with van der Waals surface area (Å²) in [6.45, 7) is 0. The van der Waals surface area contributed by atoms with Crippen LogP contribution in [0.15, 0.2) is 47.4 Å². The molecule has 0 amide bonds. The second kappa shape index (κ2) is 5.49. The van der Waals surface area contributed by atoms with Crippen molar-refractivity contribution >= 4 is 21.7 Å². The average molecular weight is 312 g/mol. The number of rotatable bonds is 3. The highest BCUT2D eigenvalue weighted by molar-refractivity contribution is 7.87. The summed E-state index contributed by atoms with van der Waals surface area (Å²) in [6, 6.07) is 10.5. The van der Waals surface area contributed by atoms with Gasteiger partial charge < -0.3 is 4.18 Å². The number of benzene rings is 2. The van der Waals surface area contributed by atoms with Gasteiger partial charge in [-0.15, -0.1) is 0 Å². The summed E-state index contributed by atoms with van der Waals surface area (Å²) in [4.78, 5) is -0.272. The first-order valence-corrected chi connectivity index (χ1v) is 7.11. The molecule has 0 radical (unpaired) electrons. The Morgan fingerprint density at radius 3 is 2.60 bits per heavy atom. The summed E-state index contributed by atoms with van der Waals surface area (Å²) < 4.78 is 41.8. The zero-order valence-electron chi connectivity index (χ0n) is 9.88. The largest absolute Gasteiger partial charge is 0.379 e. The maximum absolute atomic E-state index is 13.0. The van der Waals surface area contributed by atoms with E-state index in [4.69, 9.17) is 21.0 Å². The van der Waals surface area contributed by atoms with Crippen LogP contribution < -0.4 is 4.18 Å². The molecule has 0 aromatic heterocycles. The lowest BCUT2D eigenvalue weighted by molar-refractivity contribution is 0.486. The highest BCUT2D eigenvalue weighted by Crippen LogP contribution is 2.23. The van der Waals surface area contributed by atoms with E-state index < -0.39 is 15.9 Å². The number of nitriles is 1. The molecule has 0 saturated heterocycles. The smallest absolute Gasteiger partial charge is 0.339 e. The van der Waals surface area contributed by atoms with Crippen molar-refractivity contribution in [2.45, 2.75) is 4.90 Å². The first kappa shape index (κ1) is 14.3. The summed E-state index contributed by atoms with van der Waals surface area (Å²) in [5.74, 6) is -0.735.